The van der Waals surface area contributed by atoms with Crippen LogP contribution >= 0.6 is 31.9 Å². The third kappa shape index (κ3) is 3.50. The molecule has 0 radical (unpaired) electrons. The molecule has 7 heteroatoms. The average molecular weight is 632 g/mol. The van der Waals surface area contributed by atoms with Crippen LogP contribution < -0.4 is 0 Å². The molecule has 6 rings (SSSR count). The van der Waals surface area contributed by atoms with E-state index in [0.717, 1.165) is 38.7 Å². The monoisotopic (exact) mass is 630 g/mol. The Kier molecular flexibility index (Phi) is 6.56. The van der Waals surface area contributed by atoms with Crippen molar-refractivity contribution in [1.82, 2.24) is 0 Å². The lowest BCUT2D eigenvalue weighted by Gasteiger charge is -2.64. The van der Waals surface area contributed by atoms with E-state index in [9.17, 15) is 9.90 Å². The molecular formula is C29H44Br2O5. The highest BCUT2D eigenvalue weighted by Crippen LogP contribution is 2.72. The summed E-state index contributed by atoms with van der Waals surface area (Å²) in [5, 5.41) is 12.2. The van der Waals surface area contributed by atoms with Crippen LogP contribution in [-0.4, -0.2) is 51.4 Å². The van der Waals surface area contributed by atoms with E-state index < -0.39 is 11.9 Å². The van der Waals surface area contributed by atoms with Crippen LogP contribution in [0.15, 0.2) is 0 Å². The molecule has 1 spiro atoms. The van der Waals surface area contributed by atoms with Crippen molar-refractivity contribution >= 4 is 37.8 Å². The maximum Gasteiger partial charge on any atom is 0.302 e. The molecule has 0 aromatic carbocycles. The van der Waals surface area contributed by atoms with E-state index in [1.165, 1.54) is 19.8 Å². The number of alkyl halides is 2. The molecule has 0 aromatic heterocycles. The number of fused-ring (bicyclic) bond motifs is 7. The van der Waals surface area contributed by atoms with Gasteiger partial charge < -0.3 is 19.3 Å². The Morgan fingerprint density at radius 1 is 1.06 bits per heavy atom. The Bertz CT molecular complexity index is 901. The van der Waals surface area contributed by atoms with Crippen molar-refractivity contribution in [2.24, 2.45) is 52.3 Å². The first kappa shape index (κ1) is 26.5. The Balaban J connectivity index is 1.29. The van der Waals surface area contributed by atoms with E-state index in [1.807, 2.05) is 0 Å². The molecule has 0 unspecified atom stereocenters. The molecule has 0 amide bonds. The minimum atomic E-state index is -0.576. The lowest BCUT2D eigenvalue weighted by Crippen LogP contribution is -2.64. The Hall–Kier alpha value is 0.310. The van der Waals surface area contributed by atoms with Crippen molar-refractivity contribution in [3.63, 3.8) is 0 Å². The predicted octanol–water partition coefficient (Wildman–Crippen LogP) is 6.08. The van der Waals surface area contributed by atoms with Gasteiger partial charge in [-0.3, -0.25) is 4.79 Å². The molecule has 2 aliphatic heterocycles. The maximum absolute atomic E-state index is 12.2. The summed E-state index contributed by atoms with van der Waals surface area (Å²) in [5.41, 5.74) is -0.0365. The van der Waals surface area contributed by atoms with Gasteiger partial charge in [-0.1, -0.05) is 59.6 Å². The van der Waals surface area contributed by atoms with Crippen LogP contribution in [0.2, 0.25) is 0 Å². The zero-order chi connectivity index (χ0) is 25.8. The molecule has 6 aliphatic rings. The molecule has 36 heavy (non-hydrogen) atoms. The van der Waals surface area contributed by atoms with Crippen molar-refractivity contribution in [2.45, 2.75) is 113 Å². The van der Waals surface area contributed by atoms with Crippen LogP contribution in [0, 0.1) is 52.3 Å². The summed E-state index contributed by atoms with van der Waals surface area (Å²) in [7, 11) is 0. The number of carbonyl (C=O) groups excluding carboxylic acids is 1. The molecule has 204 valence electrons. The quantitative estimate of drug-likeness (QED) is 0.281. The molecule has 15 atom stereocenters. The van der Waals surface area contributed by atoms with Crippen LogP contribution in [0.3, 0.4) is 0 Å². The fraction of sp³-hybridized carbons (Fsp3) is 0.966. The van der Waals surface area contributed by atoms with Gasteiger partial charge in [0.2, 0.25) is 0 Å². The minimum Gasteiger partial charge on any atom is -0.463 e. The Morgan fingerprint density at radius 2 is 1.81 bits per heavy atom. The van der Waals surface area contributed by atoms with E-state index in [1.54, 1.807) is 0 Å². The number of halogens is 2. The normalized spacial score (nSPS) is 60.1. The minimum absolute atomic E-state index is 0.0522. The molecule has 2 saturated heterocycles. The van der Waals surface area contributed by atoms with Gasteiger partial charge in [0.25, 0.3) is 0 Å². The second-order valence-corrected chi connectivity index (χ2v) is 16.0. The Morgan fingerprint density at radius 3 is 2.50 bits per heavy atom. The van der Waals surface area contributed by atoms with Crippen LogP contribution in [-0.2, 0) is 19.0 Å². The molecule has 0 bridgehead atoms. The van der Waals surface area contributed by atoms with Gasteiger partial charge in [0.1, 0.15) is 6.10 Å². The fourth-order valence-corrected chi connectivity index (χ4v) is 13.5. The summed E-state index contributed by atoms with van der Waals surface area (Å²) in [5.74, 6) is 2.32. The second-order valence-electron chi connectivity index (χ2n) is 13.9. The van der Waals surface area contributed by atoms with Gasteiger partial charge in [-0.2, -0.15) is 0 Å². The first-order valence-corrected chi connectivity index (χ1v) is 16.2. The summed E-state index contributed by atoms with van der Waals surface area (Å²) in [6, 6.07) is 0. The second kappa shape index (κ2) is 8.91. The smallest absolute Gasteiger partial charge is 0.302 e. The number of esters is 1. The van der Waals surface area contributed by atoms with Gasteiger partial charge in [0, 0.05) is 29.0 Å². The van der Waals surface area contributed by atoms with E-state index in [2.05, 4.69) is 59.6 Å². The van der Waals surface area contributed by atoms with E-state index in [-0.39, 0.29) is 50.5 Å². The number of ether oxygens (including phenoxy) is 3. The predicted molar refractivity (Wildman–Crippen MR) is 145 cm³/mol. The summed E-state index contributed by atoms with van der Waals surface area (Å²) in [6.45, 7) is 11.7. The molecule has 1 N–H and O–H groups in total. The van der Waals surface area contributed by atoms with E-state index >= 15 is 0 Å². The largest absolute Gasteiger partial charge is 0.463 e. The highest BCUT2D eigenvalue weighted by atomic mass is 79.9. The number of hydrogen-bond donors (Lipinski definition) is 1. The van der Waals surface area contributed by atoms with Crippen molar-refractivity contribution in [1.29, 1.82) is 0 Å². The Labute approximate surface area is 233 Å². The van der Waals surface area contributed by atoms with Gasteiger partial charge in [-0.05, 0) is 80.0 Å². The summed E-state index contributed by atoms with van der Waals surface area (Å²) >= 11 is 8.09. The number of hydrogen-bond acceptors (Lipinski definition) is 5. The van der Waals surface area contributed by atoms with Crippen molar-refractivity contribution in [3.8, 4) is 0 Å². The van der Waals surface area contributed by atoms with E-state index in [0.29, 0.717) is 29.6 Å². The average Bonchev–Trinajstić information content (AvgIpc) is 3.26. The van der Waals surface area contributed by atoms with Gasteiger partial charge in [-0.25, -0.2) is 0 Å². The van der Waals surface area contributed by atoms with Crippen molar-refractivity contribution in [2.75, 3.05) is 6.61 Å². The van der Waals surface area contributed by atoms with Crippen LogP contribution in [0.25, 0.3) is 0 Å². The molecule has 4 saturated carbocycles. The van der Waals surface area contributed by atoms with Gasteiger partial charge in [-0.15, -0.1) is 0 Å². The number of rotatable bonds is 1. The molecule has 5 nitrogen and oxygen atoms in total. The first-order chi connectivity index (χ1) is 16.9. The molecule has 6 fully saturated rings. The number of aliphatic hydroxyl groups excluding tert-OH is 1. The van der Waals surface area contributed by atoms with Crippen LogP contribution in [0.5, 0.6) is 0 Å². The lowest BCUT2D eigenvalue weighted by molar-refractivity contribution is -0.268. The zero-order valence-electron chi connectivity index (χ0n) is 22.4. The molecule has 0 aromatic rings. The molecular weight excluding hydrogens is 588 g/mol. The fourth-order valence-electron chi connectivity index (χ4n) is 10.7. The summed E-state index contributed by atoms with van der Waals surface area (Å²) in [6.07, 6.45) is 7.22. The highest BCUT2D eigenvalue weighted by Gasteiger charge is 2.74. The van der Waals surface area contributed by atoms with Crippen LogP contribution in [0.4, 0.5) is 0 Å². The number of carbonyl (C=O) groups is 1. The summed E-state index contributed by atoms with van der Waals surface area (Å²) in [4.78, 5) is 11.9. The number of aliphatic hydroxyl groups is 1. The summed E-state index contributed by atoms with van der Waals surface area (Å²) < 4.78 is 19.1. The highest BCUT2D eigenvalue weighted by molar-refractivity contribution is 9.09. The van der Waals surface area contributed by atoms with Crippen molar-refractivity contribution in [3.05, 3.63) is 0 Å². The van der Waals surface area contributed by atoms with Crippen LogP contribution in [0.1, 0.15) is 79.6 Å². The maximum atomic E-state index is 12.2. The third-order valence-corrected chi connectivity index (χ3v) is 14.3. The van der Waals surface area contributed by atoms with Gasteiger partial charge in [0.15, 0.2) is 5.79 Å². The first-order valence-electron chi connectivity index (χ1n) is 14.4. The SMILES string of the molecule is CC(=O)O[C@H]1CC[C@@]2(C)[C@@H](CC[C@H]3[C@@H]2[C@H](Br)[C@@H](O)[C@]2(C)[C@@H]4[C@H](C[C@@H]32)O[C@@]2(OC[C@H](C)C[C@H]2Br)[C@H]4C)C1. The molecule has 4 aliphatic carbocycles. The third-order valence-electron chi connectivity index (χ3n) is 12.2. The zero-order valence-corrected chi connectivity index (χ0v) is 25.6. The molecule has 2 heterocycles. The lowest BCUT2D eigenvalue weighted by atomic mass is 9.43. The van der Waals surface area contributed by atoms with E-state index in [4.69, 9.17) is 14.2 Å². The van der Waals surface area contributed by atoms with Crippen molar-refractivity contribution < 1.29 is 24.1 Å². The standard InChI is InChI=1S/C29H44Br2O5/c1-14-10-22(30)29(34-13-14)15(2)23-21(36-29)12-20-19-7-6-17-11-18(35-16(3)32)8-9-27(17,4)24(19)25(31)26(33)28(20,23)5/h14-15,17-26,33H,6-13H2,1-5H3/t14-,15+,17+,18+,19-,20+,21+,22-,23+,24-,25+,26-,27+,28+,29+/m1/s1. The van der Waals surface area contributed by atoms with Gasteiger partial charge in [0.05, 0.1) is 23.6 Å². The van der Waals surface area contributed by atoms with Gasteiger partial charge >= 0.3 is 5.97 Å². The topological polar surface area (TPSA) is 65.0 Å².